The maximum absolute atomic E-state index is 5.26. The van der Waals surface area contributed by atoms with Crippen LogP contribution in [0.4, 0.5) is 0 Å². The first-order valence-corrected chi connectivity index (χ1v) is 7.99. The Morgan fingerprint density at radius 1 is 1.17 bits per heavy atom. The lowest BCUT2D eigenvalue weighted by Crippen LogP contribution is -1.95. The van der Waals surface area contributed by atoms with Gasteiger partial charge in [0.25, 0.3) is 0 Å². The molecule has 1 N–H and O–H groups in total. The van der Waals surface area contributed by atoms with Crippen molar-refractivity contribution in [3.63, 3.8) is 0 Å². The van der Waals surface area contributed by atoms with E-state index in [2.05, 4.69) is 31.2 Å². The standard InChI is InChI=1S/C16H13BrN4OS/c1-22-14-8-4-12(5-9-14)15-19-20-16(23)21(15)18-10-11-2-6-13(17)7-3-11/h2-10H,1H3,(H,20,23)/b18-10-. The molecule has 1 aromatic heterocycles. The average Bonchev–Trinajstić information content (AvgIpc) is 2.95. The van der Waals surface area contributed by atoms with Crippen LogP contribution in [-0.4, -0.2) is 28.2 Å². The highest BCUT2D eigenvalue weighted by Gasteiger charge is 2.08. The van der Waals surface area contributed by atoms with E-state index in [1.165, 1.54) is 0 Å². The third-order valence-electron chi connectivity index (χ3n) is 3.19. The molecule has 0 aliphatic carbocycles. The number of halogens is 1. The van der Waals surface area contributed by atoms with E-state index in [-0.39, 0.29) is 0 Å². The molecule has 0 unspecified atom stereocenters. The van der Waals surface area contributed by atoms with Crippen molar-refractivity contribution >= 4 is 34.4 Å². The van der Waals surface area contributed by atoms with Gasteiger partial charge in [-0.05, 0) is 54.2 Å². The van der Waals surface area contributed by atoms with Gasteiger partial charge in [0, 0.05) is 10.0 Å². The van der Waals surface area contributed by atoms with E-state index in [9.17, 15) is 0 Å². The summed E-state index contributed by atoms with van der Waals surface area (Å²) in [6.07, 6.45) is 1.74. The maximum Gasteiger partial charge on any atom is 0.216 e. The fraction of sp³-hybridized carbons (Fsp3) is 0.0625. The summed E-state index contributed by atoms with van der Waals surface area (Å²) in [6.45, 7) is 0. The number of H-pyrrole nitrogens is 1. The molecule has 0 radical (unpaired) electrons. The molecule has 0 atom stereocenters. The predicted molar refractivity (Wildman–Crippen MR) is 96.5 cm³/mol. The van der Waals surface area contributed by atoms with Gasteiger partial charge in [-0.3, -0.25) is 0 Å². The van der Waals surface area contributed by atoms with Gasteiger partial charge in [-0.25, -0.2) is 5.10 Å². The molecular weight excluding hydrogens is 376 g/mol. The number of rotatable bonds is 4. The maximum atomic E-state index is 5.26. The molecule has 0 aliphatic heterocycles. The van der Waals surface area contributed by atoms with E-state index in [1.54, 1.807) is 18.0 Å². The number of hydrogen-bond acceptors (Lipinski definition) is 4. The number of methoxy groups -OCH3 is 1. The van der Waals surface area contributed by atoms with Crippen molar-refractivity contribution in [1.29, 1.82) is 0 Å². The van der Waals surface area contributed by atoms with Crippen LogP contribution >= 0.6 is 28.1 Å². The van der Waals surface area contributed by atoms with Crippen LogP contribution in [0.2, 0.25) is 0 Å². The normalized spacial score (nSPS) is 11.0. The molecule has 7 heteroatoms. The van der Waals surface area contributed by atoms with Crippen LogP contribution in [-0.2, 0) is 0 Å². The molecule has 0 saturated carbocycles. The number of benzene rings is 2. The number of nitrogens with one attached hydrogen (secondary N) is 1. The lowest BCUT2D eigenvalue weighted by molar-refractivity contribution is 0.415. The van der Waals surface area contributed by atoms with Crippen molar-refractivity contribution in [2.45, 2.75) is 0 Å². The Kier molecular flexibility index (Phi) is 4.68. The monoisotopic (exact) mass is 388 g/mol. The molecular formula is C16H13BrN4OS. The molecule has 116 valence electrons. The van der Waals surface area contributed by atoms with Gasteiger partial charge in [-0.2, -0.15) is 14.9 Å². The van der Waals surface area contributed by atoms with E-state index >= 15 is 0 Å². The zero-order valence-corrected chi connectivity index (χ0v) is 14.6. The molecule has 0 bridgehead atoms. The number of aromatic amines is 1. The second-order valence-corrected chi connectivity index (χ2v) is 5.99. The first-order valence-electron chi connectivity index (χ1n) is 6.79. The first-order chi connectivity index (χ1) is 11.2. The summed E-state index contributed by atoms with van der Waals surface area (Å²) in [5.74, 6) is 1.43. The van der Waals surface area contributed by atoms with Gasteiger partial charge in [-0.1, -0.05) is 28.1 Å². The Bertz CT molecular complexity index is 882. The van der Waals surface area contributed by atoms with Crippen LogP contribution in [0.25, 0.3) is 11.4 Å². The van der Waals surface area contributed by atoms with Gasteiger partial charge in [0.1, 0.15) is 5.75 Å². The van der Waals surface area contributed by atoms with Crippen molar-refractivity contribution in [1.82, 2.24) is 14.9 Å². The lowest BCUT2D eigenvalue weighted by Gasteiger charge is -2.03. The molecule has 3 rings (SSSR count). The highest BCUT2D eigenvalue weighted by molar-refractivity contribution is 9.10. The Balaban J connectivity index is 1.95. The number of ether oxygens (including phenoxy) is 1. The number of hydrogen-bond donors (Lipinski definition) is 1. The van der Waals surface area contributed by atoms with E-state index < -0.39 is 0 Å². The minimum atomic E-state index is 0.434. The van der Waals surface area contributed by atoms with Crippen molar-refractivity contribution in [2.75, 3.05) is 7.11 Å². The summed E-state index contributed by atoms with van der Waals surface area (Å²) in [7, 11) is 1.63. The van der Waals surface area contributed by atoms with Crippen molar-refractivity contribution in [3.05, 3.63) is 63.3 Å². The van der Waals surface area contributed by atoms with E-state index in [4.69, 9.17) is 17.0 Å². The minimum absolute atomic E-state index is 0.434. The SMILES string of the molecule is COc1ccc(-c2n[nH]c(=S)n2/N=C\c2ccc(Br)cc2)cc1. The molecule has 0 amide bonds. The Morgan fingerprint density at radius 2 is 1.87 bits per heavy atom. The van der Waals surface area contributed by atoms with E-state index in [1.807, 2.05) is 48.5 Å². The summed E-state index contributed by atoms with van der Waals surface area (Å²) < 4.78 is 8.22. The van der Waals surface area contributed by atoms with E-state index in [0.29, 0.717) is 10.6 Å². The topological polar surface area (TPSA) is 55.2 Å². The molecule has 0 saturated heterocycles. The van der Waals surface area contributed by atoms with Crippen LogP contribution in [0, 0.1) is 4.77 Å². The zero-order valence-electron chi connectivity index (χ0n) is 12.2. The van der Waals surface area contributed by atoms with Crippen LogP contribution in [0.5, 0.6) is 5.75 Å². The molecule has 0 spiro atoms. The summed E-state index contributed by atoms with van der Waals surface area (Å²) in [5, 5.41) is 11.5. The smallest absolute Gasteiger partial charge is 0.216 e. The molecule has 2 aromatic carbocycles. The molecule has 1 heterocycles. The van der Waals surface area contributed by atoms with Crippen LogP contribution in [0.3, 0.4) is 0 Å². The van der Waals surface area contributed by atoms with Gasteiger partial charge >= 0.3 is 0 Å². The van der Waals surface area contributed by atoms with Gasteiger partial charge in [-0.15, -0.1) is 0 Å². The summed E-state index contributed by atoms with van der Waals surface area (Å²) >= 11 is 8.67. The Labute approximate surface area is 146 Å². The van der Waals surface area contributed by atoms with Crippen LogP contribution in [0.1, 0.15) is 5.56 Å². The highest BCUT2D eigenvalue weighted by atomic mass is 79.9. The zero-order chi connectivity index (χ0) is 16.2. The van der Waals surface area contributed by atoms with Crippen LogP contribution < -0.4 is 4.74 Å². The van der Waals surface area contributed by atoms with Gasteiger partial charge in [0.15, 0.2) is 5.82 Å². The third kappa shape index (κ3) is 3.57. The van der Waals surface area contributed by atoms with Crippen molar-refractivity contribution in [3.8, 4) is 17.1 Å². The molecule has 23 heavy (non-hydrogen) atoms. The third-order valence-corrected chi connectivity index (χ3v) is 3.98. The summed E-state index contributed by atoms with van der Waals surface area (Å²) in [6, 6.07) is 15.4. The second kappa shape index (κ2) is 6.89. The van der Waals surface area contributed by atoms with Gasteiger partial charge in [0.05, 0.1) is 13.3 Å². The Morgan fingerprint density at radius 3 is 2.52 bits per heavy atom. The quantitative estimate of drug-likeness (QED) is 0.536. The number of nitrogens with zero attached hydrogens (tertiary/aromatic N) is 3. The lowest BCUT2D eigenvalue weighted by atomic mass is 10.2. The molecule has 3 aromatic rings. The predicted octanol–water partition coefficient (Wildman–Crippen LogP) is 4.26. The van der Waals surface area contributed by atoms with Crippen molar-refractivity contribution < 1.29 is 4.74 Å². The van der Waals surface area contributed by atoms with Gasteiger partial charge < -0.3 is 4.74 Å². The highest BCUT2D eigenvalue weighted by Crippen LogP contribution is 2.20. The van der Waals surface area contributed by atoms with Gasteiger partial charge in [0.2, 0.25) is 4.77 Å². The molecule has 5 nitrogen and oxygen atoms in total. The molecule has 0 aliphatic rings. The van der Waals surface area contributed by atoms with Crippen molar-refractivity contribution in [2.24, 2.45) is 5.10 Å². The summed E-state index contributed by atoms with van der Waals surface area (Å²) in [4.78, 5) is 0. The first kappa shape index (κ1) is 15.6. The molecule has 0 fully saturated rings. The Hall–Kier alpha value is -2.25. The minimum Gasteiger partial charge on any atom is -0.497 e. The summed E-state index contributed by atoms with van der Waals surface area (Å²) in [5.41, 5.74) is 1.86. The van der Waals surface area contributed by atoms with E-state index in [0.717, 1.165) is 21.3 Å². The fourth-order valence-electron chi connectivity index (χ4n) is 2.00. The fourth-order valence-corrected chi connectivity index (χ4v) is 2.44. The average molecular weight is 389 g/mol. The largest absolute Gasteiger partial charge is 0.497 e. The van der Waals surface area contributed by atoms with Crippen LogP contribution in [0.15, 0.2) is 58.1 Å². The second-order valence-electron chi connectivity index (χ2n) is 4.69. The number of aromatic nitrogens is 3.